The maximum absolute atomic E-state index is 2.46. The summed E-state index contributed by atoms with van der Waals surface area (Å²) in [5, 5.41) is 2.18. The van der Waals surface area contributed by atoms with Gasteiger partial charge in [-0.15, -0.1) is 11.3 Å². The highest BCUT2D eigenvalue weighted by molar-refractivity contribution is 14.1. The lowest BCUT2D eigenvalue weighted by molar-refractivity contribution is 0.612. The van der Waals surface area contributed by atoms with Gasteiger partial charge in [0.25, 0.3) is 0 Å². The smallest absolute Gasteiger partial charge is 0.00452 e. The Morgan fingerprint density at radius 2 is 1.71 bits per heavy atom. The minimum absolute atomic E-state index is 1.30. The van der Waals surface area contributed by atoms with Crippen LogP contribution < -0.4 is 0 Å². The van der Waals surface area contributed by atoms with Crippen LogP contribution >= 0.6 is 33.9 Å². The number of thiophene rings is 1. The Labute approximate surface area is 105 Å². The van der Waals surface area contributed by atoms with Crippen molar-refractivity contribution in [1.29, 1.82) is 0 Å². The van der Waals surface area contributed by atoms with Gasteiger partial charge in [0, 0.05) is 4.88 Å². The fourth-order valence-electron chi connectivity index (χ4n) is 1.56. The van der Waals surface area contributed by atoms with Crippen LogP contribution in [0.2, 0.25) is 0 Å². The Morgan fingerprint density at radius 3 is 2.36 bits per heavy atom. The molecule has 0 aromatic carbocycles. The number of rotatable bonds is 8. The van der Waals surface area contributed by atoms with Gasteiger partial charge >= 0.3 is 0 Å². The highest BCUT2D eigenvalue weighted by atomic mass is 127. The summed E-state index contributed by atoms with van der Waals surface area (Å²) in [4.78, 5) is 1.55. The molecule has 0 spiro atoms. The monoisotopic (exact) mass is 322 g/mol. The van der Waals surface area contributed by atoms with Crippen molar-refractivity contribution >= 4 is 33.9 Å². The molecule has 0 aliphatic carbocycles. The molecule has 1 heterocycles. The summed E-state index contributed by atoms with van der Waals surface area (Å²) in [6.07, 6.45) is 9.80. The molecule has 0 unspecified atom stereocenters. The number of hydrogen-bond donors (Lipinski definition) is 0. The van der Waals surface area contributed by atoms with E-state index in [1.165, 1.54) is 49.4 Å². The highest BCUT2D eigenvalue weighted by Crippen LogP contribution is 2.14. The van der Waals surface area contributed by atoms with Crippen LogP contribution in [0.15, 0.2) is 17.5 Å². The molecule has 0 bridgehead atoms. The number of halogens is 1. The molecule has 2 heteroatoms. The molecule has 0 atom stereocenters. The van der Waals surface area contributed by atoms with Gasteiger partial charge in [-0.1, -0.05) is 54.3 Å². The minimum Gasteiger partial charge on any atom is -0.149 e. The third kappa shape index (κ3) is 6.02. The second-order valence-electron chi connectivity index (χ2n) is 3.64. The summed E-state index contributed by atoms with van der Waals surface area (Å²) in [5.74, 6) is 0. The van der Waals surface area contributed by atoms with E-state index < -0.39 is 0 Å². The first-order valence-corrected chi connectivity index (χ1v) is 7.92. The van der Waals surface area contributed by atoms with E-state index in [0.29, 0.717) is 0 Å². The molecule has 0 aliphatic heterocycles. The van der Waals surface area contributed by atoms with Crippen LogP contribution in [0.3, 0.4) is 0 Å². The Balaban J connectivity index is 1.85. The van der Waals surface area contributed by atoms with Crippen LogP contribution in [0.1, 0.15) is 43.4 Å². The second kappa shape index (κ2) is 8.72. The molecule has 1 aromatic heterocycles. The quantitative estimate of drug-likeness (QED) is 0.356. The van der Waals surface area contributed by atoms with Crippen LogP contribution in [0.4, 0.5) is 0 Å². The van der Waals surface area contributed by atoms with Crippen LogP contribution in [-0.2, 0) is 6.42 Å². The molecule has 0 N–H and O–H groups in total. The van der Waals surface area contributed by atoms with Gasteiger partial charge in [-0.25, -0.2) is 0 Å². The number of unbranched alkanes of at least 4 members (excludes halogenated alkanes) is 5. The lowest BCUT2D eigenvalue weighted by Crippen LogP contribution is -1.83. The SMILES string of the molecule is ICCCCCCCCc1cccs1. The number of hydrogen-bond acceptors (Lipinski definition) is 1. The summed E-state index contributed by atoms with van der Waals surface area (Å²) in [6.45, 7) is 0. The van der Waals surface area contributed by atoms with Crippen molar-refractivity contribution in [1.82, 2.24) is 0 Å². The average Bonchev–Trinajstić information content (AvgIpc) is 2.69. The fraction of sp³-hybridized carbons (Fsp3) is 0.667. The lowest BCUT2D eigenvalue weighted by atomic mass is 10.1. The third-order valence-corrected chi connectivity index (χ3v) is 4.09. The first-order valence-electron chi connectivity index (χ1n) is 5.52. The van der Waals surface area contributed by atoms with E-state index in [0.717, 1.165) is 0 Å². The zero-order valence-corrected chi connectivity index (χ0v) is 11.6. The summed E-state index contributed by atoms with van der Waals surface area (Å²) in [5.41, 5.74) is 0. The maximum Gasteiger partial charge on any atom is 0.00452 e. The average molecular weight is 322 g/mol. The summed E-state index contributed by atoms with van der Waals surface area (Å²) in [6, 6.07) is 4.40. The molecular weight excluding hydrogens is 303 g/mol. The molecule has 0 nitrogen and oxygen atoms in total. The molecule has 0 aliphatic rings. The zero-order valence-electron chi connectivity index (χ0n) is 8.68. The van der Waals surface area contributed by atoms with Gasteiger partial charge in [0.15, 0.2) is 0 Å². The van der Waals surface area contributed by atoms with Crippen molar-refractivity contribution in [3.8, 4) is 0 Å². The molecule has 80 valence electrons. The molecule has 0 amide bonds. The van der Waals surface area contributed by atoms with E-state index in [9.17, 15) is 0 Å². The summed E-state index contributed by atoms with van der Waals surface area (Å²) < 4.78 is 1.33. The summed E-state index contributed by atoms with van der Waals surface area (Å²) >= 11 is 4.36. The van der Waals surface area contributed by atoms with Crippen LogP contribution in [0.5, 0.6) is 0 Å². The van der Waals surface area contributed by atoms with E-state index in [-0.39, 0.29) is 0 Å². The van der Waals surface area contributed by atoms with Crippen molar-refractivity contribution in [3.63, 3.8) is 0 Å². The van der Waals surface area contributed by atoms with E-state index in [4.69, 9.17) is 0 Å². The first kappa shape index (κ1) is 12.5. The Hall–Kier alpha value is 0.430. The molecule has 1 rings (SSSR count). The van der Waals surface area contributed by atoms with Crippen molar-refractivity contribution in [2.75, 3.05) is 4.43 Å². The van der Waals surface area contributed by atoms with Crippen LogP contribution in [-0.4, -0.2) is 4.43 Å². The Morgan fingerprint density at radius 1 is 1.00 bits per heavy atom. The van der Waals surface area contributed by atoms with Gasteiger partial charge in [0.1, 0.15) is 0 Å². The second-order valence-corrected chi connectivity index (χ2v) is 5.75. The molecule has 0 saturated heterocycles. The number of alkyl halides is 1. The van der Waals surface area contributed by atoms with Crippen molar-refractivity contribution < 1.29 is 0 Å². The van der Waals surface area contributed by atoms with Crippen molar-refractivity contribution in [2.45, 2.75) is 44.9 Å². The normalized spacial score (nSPS) is 10.6. The topological polar surface area (TPSA) is 0 Å². The van der Waals surface area contributed by atoms with Crippen molar-refractivity contribution in [3.05, 3.63) is 22.4 Å². The van der Waals surface area contributed by atoms with Crippen molar-refractivity contribution in [2.24, 2.45) is 0 Å². The summed E-state index contributed by atoms with van der Waals surface area (Å²) in [7, 11) is 0. The van der Waals surface area contributed by atoms with Gasteiger partial charge in [-0.2, -0.15) is 0 Å². The third-order valence-electron chi connectivity index (χ3n) is 2.39. The fourth-order valence-corrected chi connectivity index (χ4v) is 2.85. The van der Waals surface area contributed by atoms with Gasteiger partial charge in [-0.05, 0) is 35.1 Å². The highest BCUT2D eigenvalue weighted by Gasteiger charge is 1.94. The Kier molecular flexibility index (Phi) is 7.78. The number of aryl methyl sites for hydroxylation is 1. The van der Waals surface area contributed by atoms with Gasteiger partial charge in [0.05, 0.1) is 0 Å². The molecule has 1 aromatic rings. The predicted octanol–water partition coefficient (Wildman–Crippen LogP) is 5.07. The van der Waals surface area contributed by atoms with Gasteiger partial charge in [0.2, 0.25) is 0 Å². The Bertz CT molecular complexity index is 206. The first-order chi connectivity index (χ1) is 6.93. The van der Waals surface area contributed by atoms with E-state index >= 15 is 0 Å². The van der Waals surface area contributed by atoms with Gasteiger partial charge in [-0.3, -0.25) is 0 Å². The zero-order chi connectivity index (χ0) is 10.1. The molecule has 0 saturated carbocycles. The van der Waals surface area contributed by atoms with Crippen LogP contribution in [0, 0.1) is 0 Å². The standard InChI is InChI=1S/C12H19IS/c13-10-6-4-2-1-3-5-8-12-9-7-11-14-12/h7,9,11H,1-6,8,10H2. The molecule has 0 fully saturated rings. The van der Waals surface area contributed by atoms with E-state index in [2.05, 4.69) is 40.1 Å². The minimum atomic E-state index is 1.30. The van der Waals surface area contributed by atoms with E-state index in [1.54, 1.807) is 4.88 Å². The molecule has 0 radical (unpaired) electrons. The molecular formula is C12H19IS. The van der Waals surface area contributed by atoms with Crippen LogP contribution in [0.25, 0.3) is 0 Å². The lowest BCUT2D eigenvalue weighted by Gasteiger charge is -1.99. The maximum atomic E-state index is 2.46. The van der Waals surface area contributed by atoms with Gasteiger partial charge < -0.3 is 0 Å². The predicted molar refractivity (Wildman–Crippen MR) is 74.6 cm³/mol. The largest absolute Gasteiger partial charge is 0.149 e. The van der Waals surface area contributed by atoms with E-state index in [1.807, 2.05) is 11.3 Å². The molecule has 14 heavy (non-hydrogen) atoms.